The maximum Gasteiger partial charge on any atom is 0.303 e. The summed E-state index contributed by atoms with van der Waals surface area (Å²) >= 11 is 13.0. The van der Waals surface area contributed by atoms with Gasteiger partial charge in [-0.1, -0.05) is 43.1 Å². The van der Waals surface area contributed by atoms with Crippen molar-refractivity contribution in [3.63, 3.8) is 0 Å². The number of nitrogens with zero attached hydrogens (tertiary/aromatic N) is 3. The lowest BCUT2D eigenvalue weighted by molar-refractivity contribution is -0.137. The Labute approximate surface area is 225 Å². The van der Waals surface area contributed by atoms with Gasteiger partial charge in [0.05, 0.1) is 27.2 Å². The van der Waals surface area contributed by atoms with Crippen molar-refractivity contribution in [3.05, 3.63) is 58.2 Å². The molecule has 10 heteroatoms. The van der Waals surface area contributed by atoms with E-state index in [1.165, 1.54) is 0 Å². The number of carboxylic acid groups (broad SMARTS) is 1. The number of halogens is 2. The number of carbonyl (C=O) groups is 1. The minimum Gasteiger partial charge on any atom is -0.491 e. The first-order chi connectivity index (χ1) is 17.5. The zero-order valence-corrected chi connectivity index (χ0v) is 22.7. The van der Waals surface area contributed by atoms with Gasteiger partial charge in [-0.15, -0.1) is 0 Å². The molecule has 4 aromatic rings. The number of carboxylic acids is 1. The Bertz CT molecular complexity index is 1410. The molecule has 2 heterocycles. The van der Waals surface area contributed by atoms with E-state index in [9.17, 15) is 4.79 Å². The van der Waals surface area contributed by atoms with Gasteiger partial charge < -0.3 is 19.7 Å². The molecule has 0 aliphatic carbocycles. The Hall–Kier alpha value is -3.07. The fraction of sp³-hybridized carbons (Fsp3) is 0.370. The average molecular weight is 545 g/mol. The van der Waals surface area contributed by atoms with Crippen LogP contribution in [0.3, 0.4) is 0 Å². The number of hydrogen-bond acceptors (Lipinski definition) is 6. The Morgan fingerprint density at radius 2 is 1.97 bits per heavy atom. The third-order valence-corrected chi connectivity index (χ3v) is 6.56. The average Bonchev–Trinajstić information content (AvgIpc) is 3.42. The van der Waals surface area contributed by atoms with Gasteiger partial charge in [-0.05, 0) is 66.7 Å². The highest BCUT2D eigenvalue weighted by molar-refractivity contribution is 6.35. The normalized spacial score (nSPS) is 12.0. The molecule has 0 saturated heterocycles. The number of ether oxygens (including phenoxy) is 1. The summed E-state index contributed by atoms with van der Waals surface area (Å²) in [6, 6.07) is 11.3. The largest absolute Gasteiger partial charge is 0.491 e. The first-order valence-electron chi connectivity index (χ1n) is 12.0. The number of rotatable bonds is 11. The predicted molar refractivity (Wildman–Crippen MR) is 145 cm³/mol. The van der Waals surface area contributed by atoms with Crippen LogP contribution in [0.5, 0.6) is 5.75 Å². The Morgan fingerprint density at radius 1 is 1.19 bits per heavy atom. The van der Waals surface area contributed by atoms with Gasteiger partial charge in [-0.2, -0.15) is 4.98 Å². The number of benzene rings is 2. The fourth-order valence-corrected chi connectivity index (χ4v) is 4.53. The quantitative estimate of drug-likeness (QED) is 0.215. The van der Waals surface area contributed by atoms with Crippen LogP contribution in [-0.4, -0.2) is 38.4 Å². The molecule has 0 aliphatic rings. The van der Waals surface area contributed by atoms with Gasteiger partial charge in [-0.25, -0.2) is 0 Å². The van der Waals surface area contributed by atoms with E-state index in [0.717, 1.165) is 16.5 Å². The van der Waals surface area contributed by atoms with Crippen LogP contribution in [0.15, 0.2) is 47.1 Å². The molecule has 0 unspecified atom stereocenters. The van der Waals surface area contributed by atoms with Crippen LogP contribution in [0.1, 0.15) is 46.1 Å². The van der Waals surface area contributed by atoms with Crippen LogP contribution in [0.4, 0.5) is 0 Å². The molecule has 2 aromatic carbocycles. The molecule has 0 spiro atoms. The van der Waals surface area contributed by atoms with Crippen molar-refractivity contribution in [1.29, 1.82) is 0 Å². The molecule has 0 bridgehead atoms. The lowest BCUT2D eigenvalue weighted by Gasteiger charge is -2.24. The van der Waals surface area contributed by atoms with Crippen LogP contribution in [-0.2, 0) is 11.3 Å². The second-order valence-electron chi connectivity index (χ2n) is 10.1. The molecule has 8 nitrogen and oxygen atoms in total. The van der Waals surface area contributed by atoms with Crippen LogP contribution in [0.25, 0.3) is 28.3 Å². The molecule has 0 amide bonds. The Kier molecular flexibility index (Phi) is 8.11. The van der Waals surface area contributed by atoms with Crippen molar-refractivity contribution in [2.75, 3.05) is 6.54 Å². The van der Waals surface area contributed by atoms with Crippen LogP contribution in [0.2, 0.25) is 10.0 Å². The van der Waals surface area contributed by atoms with E-state index in [1.54, 1.807) is 22.9 Å². The highest BCUT2D eigenvalue weighted by Crippen LogP contribution is 2.33. The fourth-order valence-electron chi connectivity index (χ4n) is 4.03. The van der Waals surface area contributed by atoms with Gasteiger partial charge >= 0.3 is 5.97 Å². The topological polar surface area (TPSA) is 102 Å². The van der Waals surface area contributed by atoms with Crippen LogP contribution < -0.4 is 10.1 Å². The van der Waals surface area contributed by atoms with E-state index in [-0.39, 0.29) is 17.9 Å². The molecule has 4 rings (SSSR count). The predicted octanol–water partition coefficient (Wildman–Crippen LogP) is 6.76. The van der Waals surface area contributed by atoms with Gasteiger partial charge in [0, 0.05) is 31.1 Å². The maximum absolute atomic E-state index is 10.9. The summed E-state index contributed by atoms with van der Waals surface area (Å²) in [5.74, 6) is 0.529. The van der Waals surface area contributed by atoms with Crippen molar-refractivity contribution in [2.24, 2.45) is 5.41 Å². The van der Waals surface area contributed by atoms with Crippen molar-refractivity contribution >= 4 is 40.1 Å². The van der Waals surface area contributed by atoms with Crippen LogP contribution >= 0.6 is 23.2 Å². The summed E-state index contributed by atoms with van der Waals surface area (Å²) < 4.78 is 13.0. The summed E-state index contributed by atoms with van der Waals surface area (Å²) in [6.45, 7) is 9.35. The summed E-state index contributed by atoms with van der Waals surface area (Å²) in [6.07, 6.45) is 2.56. The van der Waals surface area contributed by atoms with E-state index in [4.69, 9.17) is 37.6 Å². The SMILES string of the molecule is CC(C)Oc1ccc(-c2nc(-n3cc(Cl)c4cc(CNCC(C)(C)CCC(=O)O)ccc43)no2)c(Cl)c1. The number of nitrogens with one attached hydrogen (secondary N) is 1. The highest BCUT2D eigenvalue weighted by atomic mass is 35.5. The molecule has 0 atom stereocenters. The Morgan fingerprint density at radius 3 is 2.68 bits per heavy atom. The molecule has 2 aromatic heterocycles. The maximum atomic E-state index is 10.9. The zero-order valence-electron chi connectivity index (χ0n) is 21.2. The highest BCUT2D eigenvalue weighted by Gasteiger charge is 2.20. The molecule has 0 radical (unpaired) electrons. The molecule has 0 saturated carbocycles. The van der Waals surface area contributed by atoms with Gasteiger partial charge in [0.1, 0.15) is 5.75 Å². The summed E-state index contributed by atoms with van der Waals surface area (Å²) in [7, 11) is 0. The molecular weight excluding hydrogens is 515 g/mol. The van der Waals surface area contributed by atoms with Gasteiger partial charge in [0.25, 0.3) is 11.8 Å². The van der Waals surface area contributed by atoms with E-state index >= 15 is 0 Å². The monoisotopic (exact) mass is 544 g/mol. The van der Waals surface area contributed by atoms with Crippen LogP contribution in [0, 0.1) is 5.41 Å². The first-order valence-corrected chi connectivity index (χ1v) is 12.8. The smallest absolute Gasteiger partial charge is 0.303 e. The van der Waals surface area contributed by atoms with Gasteiger partial charge in [0.15, 0.2) is 0 Å². The van der Waals surface area contributed by atoms with E-state index < -0.39 is 5.97 Å². The molecule has 37 heavy (non-hydrogen) atoms. The summed E-state index contributed by atoms with van der Waals surface area (Å²) in [4.78, 5) is 15.4. The minimum atomic E-state index is -0.774. The van der Waals surface area contributed by atoms with Crippen molar-refractivity contribution in [1.82, 2.24) is 20.0 Å². The third-order valence-electron chi connectivity index (χ3n) is 5.94. The summed E-state index contributed by atoms with van der Waals surface area (Å²) in [5.41, 5.74) is 2.39. The van der Waals surface area contributed by atoms with Crippen molar-refractivity contribution < 1.29 is 19.2 Å². The lowest BCUT2D eigenvalue weighted by Crippen LogP contribution is -2.29. The lowest BCUT2D eigenvalue weighted by atomic mass is 9.87. The van der Waals surface area contributed by atoms with E-state index in [2.05, 4.69) is 29.3 Å². The third kappa shape index (κ3) is 6.63. The first kappa shape index (κ1) is 27.0. The zero-order chi connectivity index (χ0) is 26.7. The number of aliphatic carboxylic acids is 1. The summed E-state index contributed by atoms with van der Waals surface area (Å²) in [5, 5.41) is 18.4. The van der Waals surface area contributed by atoms with E-state index in [0.29, 0.717) is 52.7 Å². The number of hydrogen-bond donors (Lipinski definition) is 2. The second-order valence-corrected chi connectivity index (χ2v) is 10.9. The molecular formula is C27H30Cl2N4O4. The molecule has 0 fully saturated rings. The molecule has 196 valence electrons. The van der Waals surface area contributed by atoms with E-state index in [1.807, 2.05) is 38.1 Å². The van der Waals surface area contributed by atoms with Gasteiger partial charge in [-0.3, -0.25) is 9.36 Å². The standard InChI is InChI=1S/C27H30Cl2N4O4/c1-16(2)36-18-6-7-19(21(28)12-18)25-31-26(32-37-25)33-14-22(29)20-11-17(5-8-23(20)33)13-30-15-27(3,4)10-9-24(34)35/h5-8,11-12,14,16,30H,9-10,13,15H2,1-4H3,(H,34,35). The van der Waals surface area contributed by atoms with Crippen molar-refractivity contribution in [3.8, 4) is 23.2 Å². The minimum absolute atomic E-state index is 0.0376. The van der Waals surface area contributed by atoms with Gasteiger partial charge in [0.2, 0.25) is 0 Å². The number of aromatic nitrogens is 3. The molecule has 0 aliphatic heterocycles. The second kappa shape index (κ2) is 11.1. The molecule has 2 N–H and O–H groups in total. The van der Waals surface area contributed by atoms with Crippen molar-refractivity contribution in [2.45, 2.75) is 53.2 Å². The number of fused-ring (bicyclic) bond motifs is 1. The Balaban J connectivity index is 1.50.